The van der Waals surface area contributed by atoms with Crippen LogP contribution in [0, 0.1) is 0 Å². The third-order valence-electron chi connectivity index (χ3n) is 0.826. The summed E-state index contributed by atoms with van der Waals surface area (Å²) >= 11 is 0. The minimum absolute atomic E-state index is 0. The average Bonchev–Trinajstić information content (AvgIpc) is 1.68. The Morgan fingerprint density at radius 2 is 2.12 bits per heavy atom. The molecule has 0 aromatic rings. The SMILES string of the molecule is CCN[C@@H](C)CO.Cl. The fourth-order valence-corrected chi connectivity index (χ4v) is 0.413. The molecule has 0 spiro atoms. The van der Waals surface area contributed by atoms with Gasteiger partial charge in [0.25, 0.3) is 0 Å². The molecule has 2 N–H and O–H groups in total. The number of nitrogens with one attached hydrogen (secondary N) is 1. The fourth-order valence-electron chi connectivity index (χ4n) is 0.413. The van der Waals surface area contributed by atoms with Crippen molar-refractivity contribution < 1.29 is 5.11 Å². The Morgan fingerprint density at radius 1 is 1.62 bits per heavy atom. The molecule has 8 heavy (non-hydrogen) atoms. The van der Waals surface area contributed by atoms with E-state index in [1.54, 1.807) is 0 Å². The summed E-state index contributed by atoms with van der Waals surface area (Å²) < 4.78 is 0. The van der Waals surface area contributed by atoms with Crippen molar-refractivity contribution in [2.24, 2.45) is 0 Å². The van der Waals surface area contributed by atoms with Crippen molar-refractivity contribution in [3.63, 3.8) is 0 Å². The van der Waals surface area contributed by atoms with Crippen molar-refractivity contribution in [3.05, 3.63) is 0 Å². The van der Waals surface area contributed by atoms with Gasteiger partial charge in [-0.25, -0.2) is 0 Å². The Bertz CT molecular complexity index is 43.4. The fraction of sp³-hybridized carbons (Fsp3) is 1.00. The number of halogens is 1. The summed E-state index contributed by atoms with van der Waals surface area (Å²) in [4.78, 5) is 0. The number of aliphatic hydroxyl groups excluding tert-OH is 1. The molecule has 0 aromatic heterocycles. The van der Waals surface area contributed by atoms with Crippen LogP contribution < -0.4 is 5.32 Å². The van der Waals surface area contributed by atoms with Gasteiger partial charge in [-0.1, -0.05) is 6.92 Å². The van der Waals surface area contributed by atoms with Crippen LogP contribution in [0.1, 0.15) is 13.8 Å². The number of hydrogen-bond donors (Lipinski definition) is 2. The maximum absolute atomic E-state index is 8.40. The first-order valence-electron chi connectivity index (χ1n) is 2.65. The van der Waals surface area contributed by atoms with Crippen molar-refractivity contribution in [1.82, 2.24) is 5.32 Å². The third kappa shape index (κ3) is 6.21. The van der Waals surface area contributed by atoms with Crippen molar-refractivity contribution in [3.8, 4) is 0 Å². The van der Waals surface area contributed by atoms with Gasteiger partial charge >= 0.3 is 0 Å². The molecule has 0 heterocycles. The van der Waals surface area contributed by atoms with E-state index in [1.807, 2.05) is 13.8 Å². The topological polar surface area (TPSA) is 32.3 Å². The molecule has 2 nitrogen and oxygen atoms in total. The minimum atomic E-state index is 0. The smallest absolute Gasteiger partial charge is 0.0581 e. The van der Waals surface area contributed by atoms with Crippen LogP contribution in [0.25, 0.3) is 0 Å². The quantitative estimate of drug-likeness (QED) is 0.594. The predicted molar refractivity (Wildman–Crippen MR) is 37.5 cm³/mol. The zero-order chi connectivity index (χ0) is 5.70. The van der Waals surface area contributed by atoms with Gasteiger partial charge in [0.1, 0.15) is 0 Å². The lowest BCUT2D eigenvalue weighted by molar-refractivity contribution is 0.253. The summed E-state index contributed by atoms with van der Waals surface area (Å²) in [6.07, 6.45) is 0. The van der Waals surface area contributed by atoms with Gasteiger partial charge in [-0.3, -0.25) is 0 Å². The molecule has 0 radical (unpaired) electrons. The van der Waals surface area contributed by atoms with E-state index in [1.165, 1.54) is 0 Å². The Morgan fingerprint density at radius 3 is 2.25 bits per heavy atom. The van der Waals surface area contributed by atoms with E-state index in [9.17, 15) is 0 Å². The molecule has 0 saturated heterocycles. The van der Waals surface area contributed by atoms with Crippen molar-refractivity contribution >= 4 is 12.4 Å². The standard InChI is InChI=1S/C5H13NO.ClH/c1-3-6-5(2)4-7;/h5-7H,3-4H2,1-2H3;1H/t5-;/m0./s1. The maximum atomic E-state index is 8.40. The van der Waals surface area contributed by atoms with Crippen LogP contribution in [0.15, 0.2) is 0 Å². The summed E-state index contributed by atoms with van der Waals surface area (Å²) in [5.74, 6) is 0. The number of likely N-dealkylation sites (N-methyl/N-ethyl adjacent to an activating group) is 1. The van der Waals surface area contributed by atoms with Gasteiger partial charge in [0.2, 0.25) is 0 Å². The highest BCUT2D eigenvalue weighted by atomic mass is 35.5. The van der Waals surface area contributed by atoms with Gasteiger partial charge in [0.15, 0.2) is 0 Å². The van der Waals surface area contributed by atoms with Gasteiger partial charge in [0, 0.05) is 6.04 Å². The molecule has 0 aromatic carbocycles. The Labute approximate surface area is 56.7 Å². The molecule has 0 aliphatic heterocycles. The van der Waals surface area contributed by atoms with E-state index < -0.39 is 0 Å². The van der Waals surface area contributed by atoms with E-state index in [0.29, 0.717) is 0 Å². The van der Waals surface area contributed by atoms with E-state index >= 15 is 0 Å². The molecule has 52 valence electrons. The first kappa shape index (κ1) is 11.1. The highest BCUT2D eigenvalue weighted by Gasteiger charge is 1.91. The molecular formula is C5H14ClNO. The minimum Gasteiger partial charge on any atom is -0.395 e. The highest BCUT2D eigenvalue weighted by Crippen LogP contribution is 1.73. The Balaban J connectivity index is 0. The molecule has 0 bridgehead atoms. The monoisotopic (exact) mass is 139 g/mol. The van der Waals surface area contributed by atoms with E-state index in [4.69, 9.17) is 5.11 Å². The molecule has 0 fully saturated rings. The largest absolute Gasteiger partial charge is 0.395 e. The molecule has 3 heteroatoms. The Kier molecular flexibility index (Phi) is 9.97. The summed E-state index contributed by atoms with van der Waals surface area (Å²) in [5.41, 5.74) is 0. The lowest BCUT2D eigenvalue weighted by Gasteiger charge is -2.05. The lowest BCUT2D eigenvalue weighted by atomic mass is 10.4. The number of aliphatic hydroxyl groups is 1. The molecule has 1 atom stereocenters. The van der Waals surface area contributed by atoms with Crippen LogP contribution in [0.4, 0.5) is 0 Å². The number of hydrogen-bond acceptors (Lipinski definition) is 2. The zero-order valence-electron chi connectivity index (χ0n) is 5.35. The zero-order valence-corrected chi connectivity index (χ0v) is 6.16. The van der Waals surface area contributed by atoms with Crippen molar-refractivity contribution in [2.75, 3.05) is 13.2 Å². The van der Waals surface area contributed by atoms with Gasteiger partial charge in [-0.15, -0.1) is 12.4 Å². The van der Waals surface area contributed by atoms with E-state index in [0.717, 1.165) is 6.54 Å². The summed E-state index contributed by atoms with van der Waals surface area (Å²) in [6.45, 7) is 5.13. The van der Waals surface area contributed by atoms with E-state index in [2.05, 4.69) is 5.32 Å². The van der Waals surface area contributed by atoms with Gasteiger partial charge in [0.05, 0.1) is 6.61 Å². The van der Waals surface area contributed by atoms with Crippen LogP contribution in [0.2, 0.25) is 0 Å². The van der Waals surface area contributed by atoms with Gasteiger partial charge < -0.3 is 10.4 Å². The van der Waals surface area contributed by atoms with E-state index in [-0.39, 0.29) is 25.1 Å². The predicted octanol–water partition coefficient (Wildman–Crippen LogP) is 0.398. The van der Waals surface area contributed by atoms with Crippen molar-refractivity contribution in [1.29, 1.82) is 0 Å². The summed E-state index contributed by atoms with van der Waals surface area (Å²) in [7, 11) is 0. The lowest BCUT2D eigenvalue weighted by Crippen LogP contribution is -2.28. The second-order valence-electron chi connectivity index (χ2n) is 1.64. The summed E-state index contributed by atoms with van der Waals surface area (Å²) in [5, 5.41) is 11.4. The Hall–Kier alpha value is 0.210. The first-order valence-corrected chi connectivity index (χ1v) is 2.65. The van der Waals surface area contributed by atoms with Crippen LogP contribution in [0.5, 0.6) is 0 Å². The van der Waals surface area contributed by atoms with Crippen LogP contribution in [-0.2, 0) is 0 Å². The van der Waals surface area contributed by atoms with Gasteiger partial charge in [-0.2, -0.15) is 0 Å². The third-order valence-corrected chi connectivity index (χ3v) is 0.826. The molecule has 0 aliphatic rings. The molecule has 0 rings (SSSR count). The molecule has 0 saturated carbocycles. The molecule has 0 unspecified atom stereocenters. The van der Waals surface area contributed by atoms with Gasteiger partial charge in [-0.05, 0) is 13.5 Å². The highest BCUT2D eigenvalue weighted by molar-refractivity contribution is 5.85. The summed E-state index contributed by atoms with van der Waals surface area (Å²) in [6, 6.07) is 0.255. The second-order valence-corrected chi connectivity index (χ2v) is 1.64. The first-order chi connectivity index (χ1) is 3.31. The van der Waals surface area contributed by atoms with Crippen molar-refractivity contribution in [2.45, 2.75) is 19.9 Å². The van der Waals surface area contributed by atoms with Crippen LogP contribution in [0.3, 0.4) is 0 Å². The number of rotatable bonds is 3. The average molecular weight is 140 g/mol. The van der Waals surface area contributed by atoms with Crippen LogP contribution >= 0.6 is 12.4 Å². The van der Waals surface area contributed by atoms with Crippen LogP contribution in [-0.4, -0.2) is 24.3 Å². The second kappa shape index (κ2) is 7.21. The molecular weight excluding hydrogens is 126 g/mol. The normalized spacial score (nSPS) is 12.4. The molecule has 0 amide bonds. The molecule has 0 aliphatic carbocycles. The maximum Gasteiger partial charge on any atom is 0.0581 e.